The Morgan fingerprint density at radius 3 is 2.71 bits per heavy atom. The number of nitrogens with zero attached hydrogens (tertiary/aromatic N) is 5. The van der Waals surface area contributed by atoms with Gasteiger partial charge in [0.2, 0.25) is 11.8 Å². The normalized spacial score (nSPS) is 12.1. The number of benzene rings is 1. The van der Waals surface area contributed by atoms with Crippen molar-refractivity contribution in [3.8, 4) is 0 Å². The SMILES string of the molecule is CC(C)CCNC(=O)C(c1cccnc1)N(Cc1ccco1)C(=O)Cn1nnc2ccccc21. The van der Waals surface area contributed by atoms with Gasteiger partial charge in [0.25, 0.3) is 0 Å². The van der Waals surface area contributed by atoms with E-state index in [4.69, 9.17) is 4.42 Å². The summed E-state index contributed by atoms with van der Waals surface area (Å²) in [6.07, 6.45) is 5.63. The van der Waals surface area contributed by atoms with Crippen LogP contribution in [0.15, 0.2) is 71.6 Å². The van der Waals surface area contributed by atoms with Gasteiger partial charge in [-0.2, -0.15) is 0 Å². The Bertz CT molecular complexity index is 1220. The summed E-state index contributed by atoms with van der Waals surface area (Å²) in [6, 6.07) is 13.6. The van der Waals surface area contributed by atoms with E-state index in [1.807, 2.05) is 24.3 Å². The molecule has 176 valence electrons. The monoisotopic (exact) mass is 460 g/mol. The van der Waals surface area contributed by atoms with E-state index in [0.717, 1.165) is 11.9 Å². The lowest BCUT2D eigenvalue weighted by Gasteiger charge is -2.30. The molecule has 3 heterocycles. The van der Waals surface area contributed by atoms with Crippen molar-refractivity contribution in [2.75, 3.05) is 6.54 Å². The highest BCUT2D eigenvalue weighted by atomic mass is 16.3. The predicted octanol–water partition coefficient (Wildman–Crippen LogP) is 3.35. The Morgan fingerprint density at radius 2 is 1.97 bits per heavy atom. The van der Waals surface area contributed by atoms with E-state index in [-0.39, 0.29) is 24.9 Å². The van der Waals surface area contributed by atoms with Gasteiger partial charge in [-0.25, -0.2) is 4.68 Å². The summed E-state index contributed by atoms with van der Waals surface area (Å²) >= 11 is 0. The Kier molecular flexibility index (Phi) is 7.31. The number of carbonyl (C=O) groups is 2. The molecule has 1 unspecified atom stereocenters. The average Bonchev–Trinajstić information content (AvgIpc) is 3.49. The molecule has 9 nitrogen and oxygen atoms in total. The van der Waals surface area contributed by atoms with Crippen LogP contribution in [0.2, 0.25) is 0 Å². The highest BCUT2D eigenvalue weighted by Gasteiger charge is 2.32. The number of nitrogens with one attached hydrogen (secondary N) is 1. The fourth-order valence-corrected chi connectivity index (χ4v) is 3.74. The first-order chi connectivity index (χ1) is 16.5. The molecule has 1 atom stereocenters. The van der Waals surface area contributed by atoms with E-state index in [1.165, 1.54) is 4.90 Å². The van der Waals surface area contributed by atoms with Crippen molar-refractivity contribution in [1.82, 2.24) is 30.2 Å². The quantitative estimate of drug-likeness (QED) is 0.389. The summed E-state index contributed by atoms with van der Waals surface area (Å²) < 4.78 is 7.07. The average molecular weight is 461 g/mol. The molecular formula is C25H28N6O3. The molecule has 4 rings (SSSR count). The molecule has 0 saturated heterocycles. The van der Waals surface area contributed by atoms with E-state index in [9.17, 15) is 9.59 Å². The van der Waals surface area contributed by atoms with Crippen LogP contribution in [-0.2, 0) is 22.7 Å². The summed E-state index contributed by atoms with van der Waals surface area (Å²) in [6.45, 7) is 4.76. The van der Waals surface area contributed by atoms with Crippen LogP contribution in [0.1, 0.15) is 37.6 Å². The fraction of sp³-hybridized carbons (Fsp3) is 0.320. The number of para-hydroxylation sites is 1. The van der Waals surface area contributed by atoms with Gasteiger partial charge in [-0.3, -0.25) is 14.6 Å². The van der Waals surface area contributed by atoms with Gasteiger partial charge in [-0.15, -0.1) is 5.10 Å². The van der Waals surface area contributed by atoms with E-state index in [2.05, 4.69) is 34.5 Å². The van der Waals surface area contributed by atoms with Crippen molar-refractivity contribution in [2.45, 2.75) is 39.4 Å². The predicted molar refractivity (Wildman–Crippen MR) is 126 cm³/mol. The van der Waals surface area contributed by atoms with Crippen LogP contribution in [0, 0.1) is 5.92 Å². The van der Waals surface area contributed by atoms with Crippen LogP contribution in [0.5, 0.6) is 0 Å². The van der Waals surface area contributed by atoms with Gasteiger partial charge in [0.1, 0.15) is 23.9 Å². The third-order valence-corrected chi connectivity index (χ3v) is 5.51. The van der Waals surface area contributed by atoms with Gasteiger partial charge in [-0.05, 0) is 42.7 Å². The molecule has 0 aliphatic carbocycles. The second-order valence-electron chi connectivity index (χ2n) is 8.50. The lowest BCUT2D eigenvalue weighted by molar-refractivity contribution is -0.142. The zero-order valence-electron chi connectivity index (χ0n) is 19.3. The fourth-order valence-electron chi connectivity index (χ4n) is 3.74. The number of hydrogen-bond acceptors (Lipinski definition) is 6. The van der Waals surface area contributed by atoms with Gasteiger partial charge in [-0.1, -0.05) is 37.3 Å². The molecule has 0 saturated carbocycles. The summed E-state index contributed by atoms with van der Waals surface area (Å²) in [7, 11) is 0. The number of carbonyl (C=O) groups excluding carboxylic acids is 2. The third-order valence-electron chi connectivity index (χ3n) is 5.51. The minimum atomic E-state index is -0.881. The number of amides is 2. The Morgan fingerprint density at radius 1 is 1.12 bits per heavy atom. The van der Waals surface area contributed by atoms with Gasteiger partial charge >= 0.3 is 0 Å². The summed E-state index contributed by atoms with van der Waals surface area (Å²) in [5, 5.41) is 11.3. The van der Waals surface area contributed by atoms with Gasteiger partial charge in [0.05, 0.1) is 18.3 Å². The first-order valence-electron chi connectivity index (χ1n) is 11.3. The van der Waals surface area contributed by atoms with E-state index in [0.29, 0.717) is 29.3 Å². The molecule has 9 heteroatoms. The van der Waals surface area contributed by atoms with Crippen LogP contribution in [0.25, 0.3) is 11.0 Å². The van der Waals surface area contributed by atoms with Crippen LogP contribution < -0.4 is 5.32 Å². The number of aromatic nitrogens is 4. The Hall–Kier alpha value is -4.01. The van der Waals surface area contributed by atoms with Crippen LogP contribution >= 0.6 is 0 Å². The molecule has 0 fully saturated rings. The molecule has 0 aliphatic heterocycles. The largest absolute Gasteiger partial charge is 0.467 e. The Balaban J connectivity index is 1.66. The maximum Gasteiger partial charge on any atom is 0.247 e. The molecule has 3 aromatic heterocycles. The first kappa shape index (κ1) is 23.2. The van der Waals surface area contributed by atoms with E-state index in [1.54, 1.807) is 47.6 Å². The van der Waals surface area contributed by atoms with Crippen molar-refractivity contribution < 1.29 is 14.0 Å². The first-order valence-corrected chi connectivity index (χ1v) is 11.3. The van der Waals surface area contributed by atoms with Gasteiger partial charge in [0.15, 0.2) is 0 Å². The minimum absolute atomic E-state index is 0.0722. The molecule has 4 aromatic rings. The number of hydrogen-bond donors (Lipinski definition) is 1. The zero-order chi connectivity index (χ0) is 23.9. The van der Waals surface area contributed by atoms with E-state index < -0.39 is 6.04 Å². The molecule has 0 bridgehead atoms. The zero-order valence-corrected chi connectivity index (χ0v) is 19.3. The lowest BCUT2D eigenvalue weighted by Crippen LogP contribution is -2.45. The molecular weight excluding hydrogens is 432 g/mol. The van der Waals surface area contributed by atoms with E-state index >= 15 is 0 Å². The summed E-state index contributed by atoms with van der Waals surface area (Å²) in [5.74, 6) is 0.455. The van der Waals surface area contributed by atoms with Crippen molar-refractivity contribution >= 4 is 22.8 Å². The highest BCUT2D eigenvalue weighted by molar-refractivity contribution is 5.89. The van der Waals surface area contributed by atoms with Crippen molar-refractivity contribution in [3.63, 3.8) is 0 Å². The lowest BCUT2D eigenvalue weighted by atomic mass is 10.1. The molecule has 1 N–H and O–H groups in total. The molecule has 1 aromatic carbocycles. The summed E-state index contributed by atoms with van der Waals surface area (Å²) in [4.78, 5) is 32.8. The molecule has 0 aliphatic rings. The number of fused-ring (bicyclic) bond motifs is 1. The molecule has 0 radical (unpaired) electrons. The molecule has 0 spiro atoms. The number of rotatable bonds is 10. The van der Waals surface area contributed by atoms with Crippen molar-refractivity contribution in [2.24, 2.45) is 5.92 Å². The third kappa shape index (κ3) is 5.48. The van der Waals surface area contributed by atoms with Gasteiger partial charge < -0.3 is 14.6 Å². The smallest absolute Gasteiger partial charge is 0.247 e. The maximum atomic E-state index is 13.7. The van der Waals surface area contributed by atoms with Crippen molar-refractivity contribution in [1.29, 1.82) is 0 Å². The van der Waals surface area contributed by atoms with Gasteiger partial charge in [0, 0.05) is 24.5 Å². The second kappa shape index (κ2) is 10.7. The maximum absolute atomic E-state index is 13.7. The molecule has 34 heavy (non-hydrogen) atoms. The van der Waals surface area contributed by atoms with Crippen molar-refractivity contribution in [3.05, 3.63) is 78.5 Å². The topological polar surface area (TPSA) is 106 Å². The number of furan rings is 1. The minimum Gasteiger partial charge on any atom is -0.467 e. The second-order valence-corrected chi connectivity index (χ2v) is 8.50. The van der Waals surface area contributed by atoms with Crippen LogP contribution in [-0.4, -0.2) is 43.2 Å². The highest BCUT2D eigenvalue weighted by Crippen LogP contribution is 2.24. The van der Waals surface area contributed by atoms with Crippen LogP contribution in [0.3, 0.4) is 0 Å². The standard InChI is InChI=1S/C25H28N6O3/c1-18(2)11-13-27-25(33)24(19-7-5-12-26-15-19)30(16-20-8-6-14-34-20)23(32)17-31-22-10-4-3-9-21(22)28-29-31/h3-10,12,14-15,18,24H,11,13,16-17H2,1-2H3,(H,27,33). The Labute approximate surface area is 197 Å². The van der Waals surface area contributed by atoms with Crippen LogP contribution in [0.4, 0.5) is 0 Å². The molecule has 2 amide bonds. The summed E-state index contributed by atoms with van der Waals surface area (Å²) in [5.41, 5.74) is 2.06. The number of pyridine rings is 1.